The quantitative estimate of drug-likeness (QED) is 0.323. The minimum atomic E-state index is 0.126. The highest BCUT2D eigenvalue weighted by Gasteiger charge is 2.18. The minimum absolute atomic E-state index is 0.126. The number of nitrogens with zero attached hydrogens (tertiary/aromatic N) is 5. The summed E-state index contributed by atoms with van der Waals surface area (Å²) in [5.74, 6) is 0.252. The van der Waals surface area contributed by atoms with Crippen LogP contribution in [0.15, 0.2) is 54.6 Å². The zero-order valence-corrected chi connectivity index (χ0v) is 21.3. The highest BCUT2D eigenvalue weighted by molar-refractivity contribution is 5.78. The Kier molecular flexibility index (Phi) is 6.52. The third kappa shape index (κ3) is 4.84. The molecule has 0 aliphatic carbocycles. The van der Waals surface area contributed by atoms with E-state index in [4.69, 9.17) is 22.3 Å². The number of benzene rings is 2. The molecule has 3 heterocycles. The van der Waals surface area contributed by atoms with Gasteiger partial charge in [-0.15, -0.1) is 5.10 Å². The van der Waals surface area contributed by atoms with Crippen LogP contribution in [0.1, 0.15) is 35.2 Å². The Hall–Kier alpha value is -4.40. The van der Waals surface area contributed by atoms with Crippen LogP contribution in [0.5, 0.6) is 0 Å². The largest absolute Gasteiger partial charge is 0.370 e. The van der Waals surface area contributed by atoms with E-state index in [9.17, 15) is 0 Å². The summed E-state index contributed by atoms with van der Waals surface area (Å²) in [6.45, 7) is 7.03. The first kappa shape index (κ1) is 24.3. The molecule has 0 unspecified atom stereocenters. The summed E-state index contributed by atoms with van der Waals surface area (Å²) in [5, 5.41) is 24.2. The van der Waals surface area contributed by atoms with Crippen molar-refractivity contribution in [2.75, 3.05) is 26.2 Å². The van der Waals surface area contributed by atoms with Crippen molar-refractivity contribution in [2.45, 2.75) is 26.7 Å². The molecule has 2 aliphatic heterocycles. The lowest BCUT2D eigenvalue weighted by molar-refractivity contribution is 0.451. The third-order valence-corrected chi connectivity index (χ3v) is 7.32. The summed E-state index contributed by atoms with van der Waals surface area (Å²) in [4.78, 5) is 3.73. The molecular formula is C28H33N9. The van der Waals surface area contributed by atoms with Crippen LogP contribution >= 0.6 is 0 Å². The SMILES string of the molecule is Cc1cc(C2=CCN(C(=N)N)CC2)ccc1-n1nnc(-c2ccc(C3=CCN(C(=N)N)CC3)cc2)c1C. The lowest BCUT2D eigenvalue weighted by atomic mass is 9.97. The second-order valence-corrected chi connectivity index (χ2v) is 9.64. The molecule has 0 bridgehead atoms. The summed E-state index contributed by atoms with van der Waals surface area (Å²) in [7, 11) is 0. The maximum atomic E-state index is 7.62. The molecule has 5 rings (SSSR count). The van der Waals surface area contributed by atoms with Gasteiger partial charge in [0, 0.05) is 31.7 Å². The van der Waals surface area contributed by atoms with Gasteiger partial charge in [0.2, 0.25) is 0 Å². The topological polar surface area (TPSA) is 137 Å². The molecule has 2 aromatic carbocycles. The first-order chi connectivity index (χ1) is 17.8. The number of guanidine groups is 2. The van der Waals surface area contributed by atoms with Gasteiger partial charge in [-0.2, -0.15) is 0 Å². The van der Waals surface area contributed by atoms with Crippen LogP contribution in [0, 0.1) is 24.7 Å². The number of aryl methyl sites for hydroxylation is 1. The molecule has 9 nitrogen and oxygen atoms in total. The maximum Gasteiger partial charge on any atom is 0.188 e. The minimum Gasteiger partial charge on any atom is -0.370 e. The van der Waals surface area contributed by atoms with Crippen molar-refractivity contribution in [2.24, 2.45) is 11.5 Å². The Labute approximate surface area is 217 Å². The molecule has 0 fully saturated rings. The van der Waals surface area contributed by atoms with E-state index in [0.29, 0.717) is 13.1 Å². The molecule has 0 spiro atoms. The second kappa shape index (κ2) is 9.93. The standard InChI is InChI=1S/C28H33N9/c1-18-17-24(22-11-15-36(16-12-22)28(31)32)7-8-25(18)37-19(2)26(33-34-37)23-5-3-20(4-6-23)21-9-13-35(14-10-21)27(29)30/h3-9,11,17H,10,12-16H2,1-2H3,(H3,29,30)(H3,31,32). The summed E-state index contributed by atoms with van der Waals surface area (Å²) < 4.78 is 1.91. The molecule has 0 saturated carbocycles. The fraction of sp³-hybridized carbons (Fsp3) is 0.286. The van der Waals surface area contributed by atoms with Crippen molar-refractivity contribution in [1.29, 1.82) is 10.8 Å². The summed E-state index contributed by atoms with van der Waals surface area (Å²) >= 11 is 0. The first-order valence-electron chi connectivity index (χ1n) is 12.5. The van der Waals surface area contributed by atoms with Crippen molar-refractivity contribution >= 4 is 23.1 Å². The predicted octanol–water partition coefficient (Wildman–Crippen LogP) is 3.52. The van der Waals surface area contributed by atoms with Crippen LogP contribution in [0.3, 0.4) is 0 Å². The van der Waals surface area contributed by atoms with E-state index in [-0.39, 0.29) is 11.9 Å². The van der Waals surface area contributed by atoms with Crippen LogP contribution in [-0.2, 0) is 0 Å². The summed E-state index contributed by atoms with van der Waals surface area (Å²) in [6.07, 6.45) is 6.04. The molecule has 2 aliphatic rings. The van der Waals surface area contributed by atoms with Gasteiger partial charge in [-0.05, 0) is 66.7 Å². The molecule has 37 heavy (non-hydrogen) atoms. The number of nitrogens with one attached hydrogen (secondary N) is 2. The van der Waals surface area contributed by atoms with E-state index in [0.717, 1.165) is 54.1 Å². The average Bonchev–Trinajstić information content (AvgIpc) is 3.29. The van der Waals surface area contributed by atoms with Crippen LogP contribution in [0.2, 0.25) is 0 Å². The highest BCUT2D eigenvalue weighted by atomic mass is 15.4. The normalized spacial score (nSPS) is 15.8. The van der Waals surface area contributed by atoms with E-state index >= 15 is 0 Å². The van der Waals surface area contributed by atoms with Crippen molar-refractivity contribution < 1.29 is 0 Å². The monoisotopic (exact) mass is 495 g/mol. The maximum absolute atomic E-state index is 7.62. The van der Waals surface area contributed by atoms with Gasteiger partial charge in [-0.1, -0.05) is 47.7 Å². The van der Waals surface area contributed by atoms with E-state index in [1.54, 1.807) is 0 Å². The summed E-state index contributed by atoms with van der Waals surface area (Å²) in [5.41, 5.74) is 21.2. The van der Waals surface area contributed by atoms with E-state index in [1.165, 1.54) is 22.3 Å². The van der Waals surface area contributed by atoms with Gasteiger partial charge in [0.05, 0.1) is 11.4 Å². The first-order valence-corrected chi connectivity index (χ1v) is 12.5. The zero-order chi connectivity index (χ0) is 26.1. The number of rotatable bonds is 4. The zero-order valence-electron chi connectivity index (χ0n) is 21.3. The lowest BCUT2D eigenvalue weighted by Gasteiger charge is -2.26. The van der Waals surface area contributed by atoms with Crippen molar-refractivity contribution in [3.05, 3.63) is 77.0 Å². The predicted molar refractivity (Wildman–Crippen MR) is 148 cm³/mol. The van der Waals surface area contributed by atoms with Gasteiger partial charge >= 0.3 is 0 Å². The molecule has 0 amide bonds. The lowest BCUT2D eigenvalue weighted by Crippen LogP contribution is -2.39. The number of hydrogen-bond donors (Lipinski definition) is 4. The van der Waals surface area contributed by atoms with Gasteiger partial charge in [0.1, 0.15) is 5.69 Å². The number of hydrogen-bond acceptors (Lipinski definition) is 4. The van der Waals surface area contributed by atoms with E-state index < -0.39 is 0 Å². The van der Waals surface area contributed by atoms with Gasteiger partial charge in [-0.3, -0.25) is 10.8 Å². The molecule has 0 atom stereocenters. The Balaban J connectivity index is 1.34. The van der Waals surface area contributed by atoms with Crippen LogP contribution < -0.4 is 11.5 Å². The Bertz CT molecular complexity index is 1410. The Morgan fingerprint density at radius 3 is 1.84 bits per heavy atom. The van der Waals surface area contributed by atoms with Gasteiger partial charge in [0.15, 0.2) is 11.9 Å². The molecule has 6 N–H and O–H groups in total. The van der Waals surface area contributed by atoms with E-state index in [2.05, 4.69) is 78.8 Å². The van der Waals surface area contributed by atoms with Gasteiger partial charge < -0.3 is 21.3 Å². The van der Waals surface area contributed by atoms with Crippen LogP contribution in [-0.4, -0.2) is 62.9 Å². The second-order valence-electron chi connectivity index (χ2n) is 9.64. The third-order valence-electron chi connectivity index (χ3n) is 7.32. The van der Waals surface area contributed by atoms with Crippen LogP contribution in [0.25, 0.3) is 28.1 Å². The van der Waals surface area contributed by atoms with Crippen molar-refractivity contribution in [3.63, 3.8) is 0 Å². The number of aromatic nitrogens is 3. The Morgan fingerprint density at radius 2 is 1.32 bits per heavy atom. The highest BCUT2D eigenvalue weighted by Crippen LogP contribution is 2.29. The molecular weight excluding hydrogens is 462 g/mol. The van der Waals surface area contributed by atoms with Gasteiger partial charge in [-0.25, -0.2) is 4.68 Å². The molecule has 0 saturated heterocycles. The van der Waals surface area contributed by atoms with E-state index in [1.807, 2.05) is 14.5 Å². The van der Waals surface area contributed by atoms with Crippen molar-refractivity contribution in [3.8, 4) is 16.9 Å². The number of nitrogens with two attached hydrogens (primary N) is 2. The van der Waals surface area contributed by atoms with Crippen molar-refractivity contribution in [1.82, 2.24) is 24.8 Å². The van der Waals surface area contributed by atoms with Gasteiger partial charge in [0.25, 0.3) is 0 Å². The molecule has 3 aromatic rings. The van der Waals surface area contributed by atoms with Crippen LogP contribution in [0.4, 0.5) is 0 Å². The fourth-order valence-electron chi connectivity index (χ4n) is 5.06. The molecule has 1 aromatic heterocycles. The molecule has 190 valence electrons. The smallest absolute Gasteiger partial charge is 0.188 e. The molecule has 0 radical (unpaired) electrons. The molecule has 9 heteroatoms. The average molecular weight is 496 g/mol. The fourth-order valence-corrected chi connectivity index (χ4v) is 5.06. The Morgan fingerprint density at radius 1 is 0.784 bits per heavy atom. The summed E-state index contributed by atoms with van der Waals surface area (Å²) in [6, 6.07) is 14.9.